The Morgan fingerprint density at radius 1 is 1.38 bits per heavy atom. The van der Waals surface area contributed by atoms with Crippen molar-refractivity contribution in [3.63, 3.8) is 0 Å². The van der Waals surface area contributed by atoms with Crippen molar-refractivity contribution in [1.29, 1.82) is 0 Å². The Morgan fingerprint density at radius 2 is 2.19 bits per heavy atom. The van der Waals surface area contributed by atoms with Gasteiger partial charge in [-0.25, -0.2) is 0 Å². The SMILES string of the molecule is CCNC(=NCCc1c(C)noc1C)N(C)CCOc1cccc(Cl)c1. The van der Waals surface area contributed by atoms with Crippen molar-refractivity contribution in [3.05, 3.63) is 46.3 Å². The van der Waals surface area contributed by atoms with Gasteiger partial charge in [-0.1, -0.05) is 22.8 Å². The number of aromatic nitrogens is 1. The van der Waals surface area contributed by atoms with Gasteiger partial charge < -0.3 is 19.5 Å². The third-order valence-corrected chi connectivity index (χ3v) is 4.23. The number of nitrogens with zero attached hydrogens (tertiary/aromatic N) is 3. The van der Waals surface area contributed by atoms with Gasteiger partial charge >= 0.3 is 0 Å². The van der Waals surface area contributed by atoms with E-state index in [9.17, 15) is 0 Å². The van der Waals surface area contributed by atoms with Crippen molar-refractivity contribution in [2.75, 3.05) is 33.3 Å². The molecule has 1 aromatic carbocycles. The highest BCUT2D eigenvalue weighted by molar-refractivity contribution is 6.30. The third-order valence-electron chi connectivity index (χ3n) is 3.99. The fourth-order valence-corrected chi connectivity index (χ4v) is 2.75. The minimum atomic E-state index is 0.547. The van der Waals surface area contributed by atoms with Gasteiger partial charge in [-0.15, -0.1) is 0 Å². The number of guanidine groups is 1. The third kappa shape index (κ3) is 5.95. The minimum absolute atomic E-state index is 0.547. The predicted octanol–water partition coefficient (Wildman–Crippen LogP) is 3.46. The highest BCUT2D eigenvalue weighted by atomic mass is 35.5. The van der Waals surface area contributed by atoms with Crippen LogP contribution in [0.15, 0.2) is 33.8 Å². The van der Waals surface area contributed by atoms with E-state index in [1.807, 2.05) is 45.2 Å². The fourth-order valence-electron chi connectivity index (χ4n) is 2.57. The van der Waals surface area contributed by atoms with Crippen LogP contribution in [0.1, 0.15) is 23.9 Å². The highest BCUT2D eigenvalue weighted by Gasteiger charge is 2.09. The molecule has 142 valence electrons. The summed E-state index contributed by atoms with van der Waals surface area (Å²) >= 11 is 5.97. The zero-order chi connectivity index (χ0) is 18.9. The first kappa shape index (κ1) is 20.1. The van der Waals surface area contributed by atoms with Crippen LogP contribution < -0.4 is 10.1 Å². The molecule has 0 fully saturated rings. The largest absolute Gasteiger partial charge is 0.492 e. The molecule has 0 amide bonds. The zero-order valence-corrected chi connectivity index (χ0v) is 16.6. The molecule has 0 aliphatic carbocycles. The number of aryl methyl sites for hydroxylation is 2. The molecule has 0 saturated heterocycles. The molecule has 6 nitrogen and oxygen atoms in total. The Bertz CT molecular complexity index is 711. The second kappa shape index (κ2) is 10.1. The molecule has 26 heavy (non-hydrogen) atoms. The zero-order valence-electron chi connectivity index (χ0n) is 15.9. The number of hydrogen-bond donors (Lipinski definition) is 1. The van der Waals surface area contributed by atoms with E-state index in [1.165, 1.54) is 0 Å². The van der Waals surface area contributed by atoms with Gasteiger partial charge in [0.05, 0.1) is 12.2 Å². The molecule has 0 atom stereocenters. The van der Waals surface area contributed by atoms with Crippen LogP contribution in [0.2, 0.25) is 5.02 Å². The Morgan fingerprint density at radius 3 is 2.85 bits per heavy atom. The number of rotatable bonds is 8. The highest BCUT2D eigenvalue weighted by Crippen LogP contribution is 2.17. The second-order valence-corrected chi connectivity index (χ2v) is 6.45. The molecule has 2 aromatic rings. The first-order chi connectivity index (χ1) is 12.5. The van der Waals surface area contributed by atoms with Gasteiger partial charge in [0.1, 0.15) is 18.1 Å². The first-order valence-electron chi connectivity index (χ1n) is 8.80. The molecular formula is C19H27ClN4O2. The number of aliphatic imine (C=N–C) groups is 1. The van der Waals surface area contributed by atoms with E-state index in [4.69, 9.17) is 25.9 Å². The maximum absolute atomic E-state index is 5.97. The summed E-state index contributed by atoms with van der Waals surface area (Å²) in [5.41, 5.74) is 2.07. The van der Waals surface area contributed by atoms with E-state index in [-0.39, 0.29) is 0 Å². The summed E-state index contributed by atoms with van der Waals surface area (Å²) in [7, 11) is 2.00. The molecule has 0 aliphatic rings. The summed E-state index contributed by atoms with van der Waals surface area (Å²) in [4.78, 5) is 6.75. The summed E-state index contributed by atoms with van der Waals surface area (Å²) in [6, 6.07) is 7.41. The van der Waals surface area contributed by atoms with Crippen LogP contribution in [-0.4, -0.2) is 49.3 Å². The van der Waals surface area contributed by atoms with Gasteiger partial charge in [-0.05, 0) is 45.4 Å². The van der Waals surface area contributed by atoms with Crippen molar-refractivity contribution < 1.29 is 9.26 Å². The molecule has 0 saturated carbocycles. The van der Waals surface area contributed by atoms with Crippen molar-refractivity contribution >= 4 is 17.6 Å². The molecule has 2 rings (SSSR count). The predicted molar refractivity (Wildman–Crippen MR) is 105 cm³/mol. The van der Waals surface area contributed by atoms with Crippen molar-refractivity contribution in [2.45, 2.75) is 27.2 Å². The van der Waals surface area contributed by atoms with Gasteiger partial charge in [0.15, 0.2) is 5.96 Å². The van der Waals surface area contributed by atoms with Gasteiger partial charge in [0, 0.05) is 30.7 Å². The maximum atomic E-state index is 5.97. The average Bonchev–Trinajstić information content (AvgIpc) is 2.93. The van der Waals surface area contributed by atoms with E-state index in [2.05, 4.69) is 22.3 Å². The van der Waals surface area contributed by atoms with Gasteiger partial charge in [-0.3, -0.25) is 4.99 Å². The molecule has 0 spiro atoms. The summed E-state index contributed by atoms with van der Waals surface area (Å²) in [6.07, 6.45) is 0.808. The van der Waals surface area contributed by atoms with Crippen LogP contribution in [0.3, 0.4) is 0 Å². The second-order valence-electron chi connectivity index (χ2n) is 6.02. The van der Waals surface area contributed by atoms with Crippen LogP contribution in [0.5, 0.6) is 5.75 Å². The average molecular weight is 379 g/mol. The monoisotopic (exact) mass is 378 g/mol. The Kier molecular flexibility index (Phi) is 7.78. The van der Waals surface area contributed by atoms with Crippen LogP contribution in [0.4, 0.5) is 0 Å². The van der Waals surface area contributed by atoms with E-state index < -0.39 is 0 Å². The standard InChI is InChI=1S/C19H27ClN4O2/c1-5-21-19(22-10-9-18-14(2)23-26-15(18)3)24(4)11-12-25-17-8-6-7-16(20)13-17/h6-8,13H,5,9-12H2,1-4H3,(H,21,22). The quantitative estimate of drug-likeness (QED) is 0.563. The molecule has 7 heteroatoms. The topological polar surface area (TPSA) is 62.9 Å². The number of likely N-dealkylation sites (N-methyl/N-ethyl adjacent to an activating group) is 1. The summed E-state index contributed by atoms with van der Waals surface area (Å²) in [5, 5.41) is 7.97. The molecule has 0 aliphatic heterocycles. The van der Waals surface area contributed by atoms with E-state index in [0.29, 0.717) is 24.7 Å². The molecule has 1 aromatic heterocycles. The van der Waals surface area contributed by atoms with Crippen LogP contribution in [0, 0.1) is 13.8 Å². The summed E-state index contributed by atoms with van der Waals surface area (Å²) in [6.45, 7) is 8.69. The number of nitrogens with one attached hydrogen (secondary N) is 1. The Balaban J connectivity index is 1.86. The van der Waals surface area contributed by atoms with Gasteiger partial charge in [-0.2, -0.15) is 0 Å². The molecule has 0 unspecified atom stereocenters. The fraction of sp³-hybridized carbons (Fsp3) is 0.474. The smallest absolute Gasteiger partial charge is 0.193 e. The van der Waals surface area contributed by atoms with Crippen LogP contribution in [0.25, 0.3) is 0 Å². The van der Waals surface area contributed by atoms with Crippen LogP contribution >= 0.6 is 11.6 Å². The lowest BCUT2D eigenvalue weighted by Crippen LogP contribution is -2.41. The lowest BCUT2D eigenvalue weighted by molar-refractivity contribution is 0.281. The van der Waals surface area contributed by atoms with Crippen molar-refractivity contribution in [1.82, 2.24) is 15.4 Å². The van der Waals surface area contributed by atoms with E-state index in [1.54, 1.807) is 0 Å². The van der Waals surface area contributed by atoms with E-state index >= 15 is 0 Å². The van der Waals surface area contributed by atoms with Gasteiger partial charge in [0.25, 0.3) is 0 Å². The van der Waals surface area contributed by atoms with Crippen molar-refractivity contribution in [3.8, 4) is 5.75 Å². The number of hydrogen-bond acceptors (Lipinski definition) is 4. The first-order valence-corrected chi connectivity index (χ1v) is 9.18. The summed E-state index contributed by atoms with van der Waals surface area (Å²) in [5.74, 6) is 2.49. The molecule has 0 radical (unpaired) electrons. The Labute approximate surface area is 160 Å². The number of halogens is 1. The van der Waals surface area contributed by atoms with Crippen molar-refractivity contribution in [2.24, 2.45) is 4.99 Å². The Hall–Kier alpha value is -2.21. The summed E-state index contributed by atoms with van der Waals surface area (Å²) < 4.78 is 11.0. The van der Waals surface area contributed by atoms with Crippen LogP contribution in [-0.2, 0) is 6.42 Å². The lowest BCUT2D eigenvalue weighted by atomic mass is 10.1. The number of ether oxygens (including phenoxy) is 1. The molecule has 1 N–H and O–H groups in total. The number of benzene rings is 1. The normalized spacial score (nSPS) is 11.5. The van der Waals surface area contributed by atoms with E-state index in [0.717, 1.165) is 41.7 Å². The maximum Gasteiger partial charge on any atom is 0.193 e. The molecular weight excluding hydrogens is 352 g/mol. The molecule has 0 bridgehead atoms. The molecule has 1 heterocycles. The minimum Gasteiger partial charge on any atom is -0.492 e. The lowest BCUT2D eigenvalue weighted by Gasteiger charge is -2.22. The van der Waals surface area contributed by atoms with Gasteiger partial charge in [0.2, 0.25) is 0 Å².